The molecule has 2 aromatic carbocycles. The Morgan fingerprint density at radius 3 is 2.32 bits per heavy atom. The maximum absolute atomic E-state index is 12.8. The Morgan fingerprint density at radius 2 is 1.68 bits per heavy atom. The van der Waals surface area contributed by atoms with Gasteiger partial charge in [-0.2, -0.15) is 0 Å². The zero-order valence-corrected chi connectivity index (χ0v) is 19.4. The average Bonchev–Trinajstić information content (AvgIpc) is 2.78. The van der Waals surface area contributed by atoms with E-state index in [1.165, 1.54) is 5.56 Å². The lowest BCUT2D eigenvalue weighted by Gasteiger charge is -2.30. The van der Waals surface area contributed by atoms with Crippen molar-refractivity contribution in [2.75, 3.05) is 54.7 Å². The minimum Gasteiger partial charge on any atom is -0.497 e. The van der Waals surface area contributed by atoms with Gasteiger partial charge in [-0.1, -0.05) is 12.1 Å². The molecule has 1 aliphatic heterocycles. The first-order chi connectivity index (χ1) is 14.5. The number of carbonyl (C=O) groups is 1. The second kappa shape index (κ2) is 11.7. The topological polar surface area (TPSA) is 60.5 Å². The summed E-state index contributed by atoms with van der Waals surface area (Å²) in [6.07, 6.45) is 1.85. The van der Waals surface area contributed by atoms with Crippen LogP contribution in [0.25, 0.3) is 0 Å². The van der Waals surface area contributed by atoms with Crippen LogP contribution < -0.4 is 18.9 Å². The van der Waals surface area contributed by atoms with E-state index in [0.29, 0.717) is 29.4 Å². The number of rotatable bonds is 10. The molecule has 0 aromatic heterocycles. The van der Waals surface area contributed by atoms with Gasteiger partial charge in [0, 0.05) is 25.2 Å². The molecule has 7 nitrogen and oxygen atoms in total. The van der Waals surface area contributed by atoms with Crippen LogP contribution in [-0.4, -0.2) is 70.4 Å². The maximum atomic E-state index is 12.8. The number of benzene rings is 2. The number of hydrogen-bond donors (Lipinski definition) is 0. The number of halogens is 1. The molecule has 170 valence electrons. The minimum absolute atomic E-state index is 0. The first kappa shape index (κ1) is 24.6. The summed E-state index contributed by atoms with van der Waals surface area (Å²) in [6, 6.07) is 11.5. The largest absolute Gasteiger partial charge is 0.497 e. The third-order valence-electron chi connectivity index (χ3n) is 5.29. The van der Waals surface area contributed by atoms with Crippen LogP contribution in [-0.2, 0) is 6.42 Å². The molecule has 8 heteroatoms. The number of amides is 1. The van der Waals surface area contributed by atoms with Gasteiger partial charge in [-0.15, -0.1) is 12.4 Å². The van der Waals surface area contributed by atoms with E-state index in [2.05, 4.69) is 24.1 Å². The molecule has 31 heavy (non-hydrogen) atoms. The highest BCUT2D eigenvalue weighted by atomic mass is 35.5. The number of hydrogen-bond acceptors (Lipinski definition) is 6. The van der Waals surface area contributed by atoms with Gasteiger partial charge in [-0.3, -0.25) is 4.79 Å². The van der Waals surface area contributed by atoms with Crippen molar-refractivity contribution in [2.24, 2.45) is 0 Å². The van der Waals surface area contributed by atoms with Crippen molar-refractivity contribution in [1.29, 1.82) is 0 Å². The van der Waals surface area contributed by atoms with Crippen LogP contribution in [0.15, 0.2) is 36.4 Å². The summed E-state index contributed by atoms with van der Waals surface area (Å²) in [5, 5.41) is 0. The maximum Gasteiger partial charge on any atom is 0.260 e. The molecule has 0 fully saturated rings. The second-order valence-corrected chi connectivity index (χ2v) is 7.30. The highest BCUT2D eigenvalue weighted by Crippen LogP contribution is 2.37. The molecule has 0 atom stereocenters. The number of carbonyl (C=O) groups excluding carboxylic acids is 1. The van der Waals surface area contributed by atoms with Gasteiger partial charge in [-0.25, -0.2) is 0 Å². The number of methoxy groups -OCH3 is 3. The van der Waals surface area contributed by atoms with E-state index >= 15 is 0 Å². The summed E-state index contributed by atoms with van der Waals surface area (Å²) in [6.45, 7) is 2.74. The second-order valence-electron chi connectivity index (χ2n) is 7.30. The molecule has 0 bridgehead atoms. The van der Waals surface area contributed by atoms with Crippen molar-refractivity contribution in [3.8, 4) is 23.0 Å². The van der Waals surface area contributed by atoms with Gasteiger partial charge >= 0.3 is 0 Å². The van der Waals surface area contributed by atoms with Crippen molar-refractivity contribution >= 4 is 18.3 Å². The Labute approximate surface area is 190 Å². The molecular weight excluding hydrogens is 420 g/mol. The molecule has 0 spiro atoms. The van der Waals surface area contributed by atoms with E-state index in [9.17, 15) is 4.79 Å². The van der Waals surface area contributed by atoms with Crippen molar-refractivity contribution in [2.45, 2.75) is 12.8 Å². The van der Waals surface area contributed by atoms with Gasteiger partial charge in [-0.05, 0) is 44.1 Å². The standard InChI is InChI=1S/C23H30N2O5.ClH/c1-24(13-10-17-6-8-18(27-2)9-7-17)11-5-12-25-16-30-20-15-22(29-4)21(28-3)14-19(20)23(25)26;/h6-9,14-15H,5,10-13,16H2,1-4H3;1H. The first-order valence-electron chi connectivity index (χ1n) is 10.0. The molecule has 1 heterocycles. The van der Waals surface area contributed by atoms with E-state index < -0.39 is 0 Å². The lowest BCUT2D eigenvalue weighted by molar-refractivity contribution is 0.0510. The van der Waals surface area contributed by atoms with E-state index in [0.717, 1.165) is 31.7 Å². The van der Waals surface area contributed by atoms with Crippen molar-refractivity contribution < 1.29 is 23.7 Å². The Bertz CT molecular complexity index is 860. The SMILES string of the molecule is COc1ccc(CCN(C)CCCN2COc3cc(OC)c(OC)cc3C2=O)cc1.Cl. The highest BCUT2D eigenvalue weighted by Gasteiger charge is 2.27. The zero-order chi connectivity index (χ0) is 21.5. The number of nitrogens with zero attached hydrogens (tertiary/aromatic N) is 2. The lowest BCUT2D eigenvalue weighted by atomic mass is 10.1. The number of likely N-dealkylation sites (N-methyl/N-ethyl adjacent to an activating group) is 1. The Morgan fingerprint density at radius 1 is 1.00 bits per heavy atom. The molecule has 1 amide bonds. The molecule has 0 N–H and O–H groups in total. The van der Waals surface area contributed by atoms with Gasteiger partial charge in [0.2, 0.25) is 0 Å². The molecule has 0 saturated heterocycles. The van der Waals surface area contributed by atoms with E-state index in [-0.39, 0.29) is 25.0 Å². The van der Waals surface area contributed by atoms with Crippen LogP contribution >= 0.6 is 12.4 Å². The Balaban J connectivity index is 0.00000341. The fourth-order valence-corrected chi connectivity index (χ4v) is 3.44. The van der Waals surface area contributed by atoms with E-state index in [1.54, 1.807) is 38.4 Å². The molecule has 3 rings (SSSR count). The molecule has 1 aliphatic rings. The first-order valence-corrected chi connectivity index (χ1v) is 10.0. The summed E-state index contributed by atoms with van der Waals surface area (Å²) < 4.78 is 21.6. The van der Waals surface area contributed by atoms with Crippen LogP contribution in [0.1, 0.15) is 22.3 Å². The molecule has 2 aromatic rings. The highest BCUT2D eigenvalue weighted by molar-refractivity contribution is 5.98. The van der Waals surface area contributed by atoms with E-state index in [4.69, 9.17) is 18.9 Å². The molecular formula is C23H31ClN2O5. The monoisotopic (exact) mass is 450 g/mol. The molecule has 0 radical (unpaired) electrons. The van der Waals surface area contributed by atoms with Crippen LogP contribution in [0.2, 0.25) is 0 Å². The summed E-state index contributed by atoms with van der Waals surface area (Å²) in [5.74, 6) is 2.44. The van der Waals surface area contributed by atoms with Gasteiger partial charge in [0.1, 0.15) is 11.5 Å². The number of ether oxygens (including phenoxy) is 4. The van der Waals surface area contributed by atoms with Crippen molar-refractivity contribution in [3.63, 3.8) is 0 Å². The van der Waals surface area contributed by atoms with Gasteiger partial charge < -0.3 is 28.7 Å². The smallest absolute Gasteiger partial charge is 0.260 e. The predicted octanol–water partition coefficient (Wildman–Crippen LogP) is 3.49. The summed E-state index contributed by atoms with van der Waals surface area (Å²) >= 11 is 0. The summed E-state index contributed by atoms with van der Waals surface area (Å²) in [7, 11) is 6.89. The Hall–Kier alpha value is -2.64. The van der Waals surface area contributed by atoms with Crippen LogP contribution in [0.4, 0.5) is 0 Å². The van der Waals surface area contributed by atoms with Gasteiger partial charge in [0.15, 0.2) is 18.2 Å². The van der Waals surface area contributed by atoms with Gasteiger partial charge in [0.25, 0.3) is 5.91 Å². The van der Waals surface area contributed by atoms with Gasteiger partial charge in [0.05, 0.1) is 26.9 Å². The average molecular weight is 451 g/mol. The molecule has 0 unspecified atom stereocenters. The van der Waals surface area contributed by atoms with Crippen LogP contribution in [0.5, 0.6) is 23.0 Å². The summed E-state index contributed by atoms with van der Waals surface area (Å²) in [4.78, 5) is 16.9. The van der Waals surface area contributed by atoms with Crippen LogP contribution in [0, 0.1) is 0 Å². The fraction of sp³-hybridized carbons (Fsp3) is 0.435. The Kier molecular flexibility index (Phi) is 9.27. The number of fused-ring (bicyclic) bond motifs is 1. The lowest BCUT2D eigenvalue weighted by Crippen LogP contribution is -2.40. The van der Waals surface area contributed by atoms with Crippen molar-refractivity contribution in [3.05, 3.63) is 47.5 Å². The molecule has 0 aliphatic carbocycles. The zero-order valence-electron chi connectivity index (χ0n) is 18.6. The van der Waals surface area contributed by atoms with Crippen molar-refractivity contribution in [1.82, 2.24) is 9.80 Å². The third-order valence-corrected chi connectivity index (χ3v) is 5.29. The quantitative estimate of drug-likeness (QED) is 0.552. The minimum atomic E-state index is -0.0434. The fourth-order valence-electron chi connectivity index (χ4n) is 3.44. The molecule has 0 saturated carbocycles. The van der Waals surface area contributed by atoms with E-state index in [1.807, 2.05) is 12.1 Å². The van der Waals surface area contributed by atoms with Crippen LogP contribution in [0.3, 0.4) is 0 Å². The predicted molar refractivity (Wildman–Crippen MR) is 122 cm³/mol. The third kappa shape index (κ3) is 6.18. The summed E-state index contributed by atoms with van der Waals surface area (Å²) in [5.41, 5.74) is 1.79. The normalized spacial score (nSPS) is 12.7.